The number of hydrogen-bond donors (Lipinski definition) is 0. The van der Waals surface area contributed by atoms with Crippen LogP contribution in [0, 0.1) is 0 Å². The molecule has 4 rings (SSSR count). The lowest BCUT2D eigenvalue weighted by Crippen LogP contribution is -2.44. The maximum Gasteiger partial charge on any atom is 0.338 e. The van der Waals surface area contributed by atoms with E-state index >= 15 is 0 Å². The summed E-state index contributed by atoms with van der Waals surface area (Å²) in [4.78, 5) is 44.1. The van der Waals surface area contributed by atoms with Crippen LogP contribution in [-0.2, 0) is 22.5 Å². The molecule has 154 valence electrons. The van der Waals surface area contributed by atoms with Crippen LogP contribution < -0.4 is 5.56 Å². The Morgan fingerprint density at radius 3 is 2.79 bits per heavy atom. The van der Waals surface area contributed by atoms with Crippen molar-refractivity contribution >= 4 is 22.8 Å². The first-order valence-electron chi connectivity index (χ1n) is 10.5. The summed E-state index contributed by atoms with van der Waals surface area (Å²) >= 11 is 0. The Morgan fingerprint density at radius 2 is 1.97 bits per heavy atom. The number of benzene rings is 1. The first kappa shape index (κ1) is 19.6. The fourth-order valence-electron chi connectivity index (χ4n) is 4.31. The number of carbonyl (C=O) groups excluding carboxylic acids is 2. The SMILES string of the molecule is C[C@@H]1CCCCN1C(=O)COC(=O)c1ccc2c(=O)n3c(nc2c1)CCCCC3. The zero-order chi connectivity index (χ0) is 20.4. The predicted octanol–water partition coefficient (Wildman–Crippen LogP) is 2.68. The molecular weight excluding hydrogens is 370 g/mol. The van der Waals surface area contributed by atoms with E-state index in [0.717, 1.165) is 50.8 Å². The lowest BCUT2D eigenvalue weighted by molar-refractivity contribution is -0.137. The third-order valence-corrected chi connectivity index (χ3v) is 6.00. The van der Waals surface area contributed by atoms with Gasteiger partial charge in [-0.25, -0.2) is 9.78 Å². The maximum absolute atomic E-state index is 12.8. The van der Waals surface area contributed by atoms with E-state index in [0.29, 0.717) is 29.6 Å². The van der Waals surface area contributed by atoms with E-state index in [-0.39, 0.29) is 24.1 Å². The van der Waals surface area contributed by atoms with Gasteiger partial charge in [-0.3, -0.25) is 14.2 Å². The number of aromatic nitrogens is 2. The van der Waals surface area contributed by atoms with Crippen LogP contribution in [0.4, 0.5) is 0 Å². The molecule has 0 saturated carbocycles. The highest BCUT2D eigenvalue weighted by molar-refractivity contribution is 5.95. The predicted molar refractivity (Wildman–Crippen MR) is 109 cm³/mol. The molecule has 1 saturated heterocycles. The van der Waals surface area contributed by atoms with E-state index in [4.69, 9.17) is 4.74 Å². The summed E-state index contributed by atoms with van der Waals surface area (Å²) in [6.07, 6.45) is 6.93. The van der Waals surface area contributed by atoms with Crippen molar-refractivity contribution in [3.63, 3.8) is 0 Å². The van der Waals surface area contributed by atoms with Crippen molar-refractivity contribution in [3.05, 3.63) is 39.9 Å². The normalized spacial score (nSPS) is 19.5. The molecule has 1 atom stereocenters. The fourth-order valence-corrected chi connectivity index (χ4v) is 4.31. The van der Waals surface area contributed by atoms with Crippen LogP contribution >= 0.6 is 0 Å². The number of esters is 1. The van der Waals surface area contributed by atoms with Crippen LogP contribution in [0.1, 0.15) is 61.6 Å². The average Bonchev–Trinajstić information content (AvgIpc) is 2.97. The number of fused-ring (bicyclic) bond motifs is 2. The zero-order valence-corrected chi connectivity index (χ0v) is 16.9. The summed E-state index contributed by atoms with van der Waals surface area (Å²) in [7, 11) is 0. The van der Waals surface area contributed by atoms with Crippen LogP contribution in [-0.4, -0.2) is 45.5 Å². The monoisotopic (exact) mass is 397 g/mol. The van der Waals surface area contributed by atoms with Crippen LogP contribution in [0.25, 0.3) is 10.9 Å². The Bertz CT molecular complexity index is 997. The molecule has 7 nitrogen and oxygen atoms in total. The van der Waals surface area contributed by atoms with Crippen LogP contribution in [0.3, 0.4) is 0 Å². The maximum atomic E-state index is 12.8. The molecule has 2 aliphatic rings. The molecule has 1 aromatic heterocycles. The molecular formula is C22H27N3O4. The topological polar surface area (TPSA) is 81.5 Å². The van der Waals surface area contributed by atoms with Gasteiger partial charge in [0.25, 0.3) is 11.5 Å². The second-order valence-corrected chi connectivity index (χ2v) is 8.04. The quantitative estimate of drug-likeness (QED) is 0.744. The van der Waals surface area contributed by atoms with Gasteiger partial charge in [-0.15, -0.1) is 0 Å². The van der Waals surface area contributed by atoms with E-state index in [1.807, 2.05) is 6.92 Å². The Morgan fingerprint density at radius 1 is 1.14 bits per heavy atom. The van der Waals surface area contributed by atoms with Crippen molar-refractivity contribution in [1.29, 1.82) is 0 Å². The van der Waals surface area contributed by atoms with Gasteiger partial charge in [-0.05, 0) is 57.2 Å². The summed E-state index contributed by atoms with van der Waals surface area (Å²) in [5.41, 5.74) is 0.761. The molecule has 7 heteroatoms. The summed E-state index contributed by atoms with van der Waals surface area (Å²) < 4.78 is 7.02. The lowest BCUT2D eigenvalue weighted by atomic mass is 10.0. The van der Waals surface area contributed by atoms with Crippen LogP contribution in [0.5, 0.6) is 0 Å². The number of rotatable bonds is 3. The van der Waals surface area contributed by atoms with Gasteiger partial charge in [0.2, 0.25) is 0 Å². The fraction of sp³-hybridized carbons (Fsp3) is 0.545. The molecule has 0 bridgehead atoms. The molecule has 0 spiro atoms. The molecule has 2 aliphatic heterocycles. The summed E-state index contributed by atoms with van der Waals surface area (Å²) in [5, 5.41) is 0.505. The summed E-state index contributed by atoms with van der Waals surface area (Å²) in [6, 6.07) is 4.99. The summed E-state index contributed by atoms with van der Waals surface area (Å²) in [5.74, 6) is 0.0505. The van der Waals surface area contributed by atoms with Gasteiger partial charge in [0, 0.05) is 25.6 Å². The third kappa shape index (κ3) is 4.04. The zero-order valence-electron chi connectivity index (χ0n) is 16.9. The smallest absolute Gasteiger partial charge is 0.338 e. The van der Waals surface area contributed by atoms with Gasteiger partial charge in [0.15, 0.2) is 6.61 Å². The van der Waals surface area contributed by atoms with E-state index < -0.39 is 5.97 Å². The number of piperidine rings is 1. The highest BCUT2D eigenvalue weighted by Gasteiger charge is 2.24. The molecule has 0 N–H and O–H groups in total. The molecule has 1 aromatic carbocycles. The summed E-state index contributed by atoms with van der Waals surface area (Å²) in [6.45, 7) is 3.17. The molecule has 2 aromatic rings. The number of nitrogens with zero attached hydrogens (tertiary/aromatic N) is 3. The number of aryl methyl sites for hydroxylation is 1. The average molecular weight is 397 g/mol. The molecule has 29 heavy (non-hydrogen) atoms. The second kappa shape index (κ2) is 8.35. The minimum atomic E-state index is -0.568. The van der Waals surface area contributed by atoms with Crippen LogP contribution in [0.2, 0.25) is 0 Å². The first-order valence-corrected chi connectivity index (χ1v) is 10.5. The Kier molecular flexibility index (Phi) is 5.65. The van der Waals surface area contributed by atoms with E-state index in [1.54, 1.807) is 27.7 Å². The van der Waals surface area contributed by atoms with Gasteiger partial charge in [-0.2, -0.15) is 0 Å². The number of amides is 1. The molecule has 0 aliphatic carbocycles. The first-order chi connectivity index (χ1) is 14.0. The van der Waals surface area contributed by atoms with Gasteiger partial charge >= 0.3 is 5.97 Å². The van der Waals surface area contributed by atoms with Gasteiger partial charge < -0.3 is 9.64 Å². The van der Waals surface area contributed by atoms with E-state index in [9.17, 15) is 14.4 Å². The third-order valence-electron chi connectivity index (χ3n) is 6.00. The van der Waals surface area contributed by atoms with E-state index in [1.165, 1.54) is 0 Å². The largest absolute Gasteiger partial charge is 0.452 e. The molecule has 1 amide bonds. The Hall–Kier alpha value is -2.70. The van der Waals surface area contributed by atoms with E-state index in [2.05, 4.69) is 4.98 Å². The van der Waals surface area contributed by atoms with Crippen molar-refractivity contribution < 1.29 is 14.3 Å². The van der Waals surface area contributed by atoms with Crippen molar-refractivity contribution in [2.24, 2.45) is 0 Å². The molecule has 0 unspecified atom stereocenters. The second-order valence-electron chi connectivity index (χ2n) is 8.04. The highest BCUT2D eigenvalue weighted by Crippen LogP contribution is 2.18. The van der Waals surface area contributed by atoms with Crippen molar-refractivity contribution in [2.45, 2.75) is 64.5 Å². The minimum Gasteiger partial charge on any atom is -0.452 e. The minimum absolute atomic E-state index is 0.0546. The number of carbonyl (C=O) groups is 2. The molecule has 3 heterocycles. The van der Waals surface area contributed by atoms with Crippen LogP contribution in [0.15, 0.2) is 23.0 Å². The Labute approximate surface area is 169 Å². The highest BCUT2D eigenvalue weighted by atomic mass is 16.5. The van der Waals surface area contributed by atoms with Gasteiger partial charge in [0.1, 0.15) is 5.82 Å². The van der Waals surface area contributed by atoms with Gasteiger partial charge in [0.05, 0.1) is 16.5 Å². The molecule has 0 radical (unpaired) electrons. The van der Waals surface area contributed by atoms with Crippen molar-refractivity contribution in [2.75, 3.05) is 13.2 Å². The Balaban J connectivity index is 1.51. The number of hydrogen-bond acceptors (Lipinski definition) is 5. The lowest BCUT2D eigenvalue weighted by Gasteiger charge is -2.33. The molecule has 1 fully saturated rings. The number of likely N-dealkylation sites (tertiary alicyclic amines) is 1. The number of ether oxygens (including phenoxy) is 1. The van der Waals surface area contributed by atoms with Crippen molar-refractivity contribution in [1.82, 2.24) is 14.5 Å². The van der Waals surface area contributed by atoms with Gasteiger partial charge in [-0.1, -0.05) is 6.42 Å². The standard InChI is InChI=1S/C22H27N3O4/c1-15-7-4-6-11-24(15)20(26)14-29-22(28)16-9-10-17-18(13-16)23-19-8-3-2-5-12-25(19)21(17)27/h9-10,13,15H,2-8,11-12,14H2,1H3/t15-/m1/s1. The van der Waals surface area contributed by atoms with Crippen molar-refractivity contribution in [3.8, 4) is 0 Å².